The monoisotopic (exact) mass is 180 g/mol. The third-order valence-electron chi connectivity index (χ3n) is 1.39. The number of carbonyl (C=O) groups excluding carboxylic acids is 1. The normalized spacial score (nSPS) is 13.5. The number of carbonyl (C=O) groups is 1. The summed E-state index contributed by atoms with van der Waals surface area (Å²) in [4.78, 5) is 9.77. The Kier molecular flexibility index (Phi) is 7.90. The molecule has 0 N–H and O–H groups in total. The topological polar surface area (TPSA) is 26.3 Å². The van der Waals surface area contributed by atoms with Crippen molar-refractivity contribution in [3.05, 3.63) is 36.5 Å². The van der Waals surface area contributed by atoms with E-state index in [4.69, 9.17) is 0 Å². The van der Waals surface area contributed by atoms with E-state index in [1.54, 1.807) is 6.08 Å². The number of hydrogen-bond donors (Lipinski definition) is 0. The molecular weight excluding hydrogens is 164 g/mol. The van der Waals surface area contributed by atoms with Gasteiger partial charge in [0.15, 0.2) is 0 Å². The molecule has 0 atom stereocenters. The van der Waals surface area contributed by atoms with Crippen LogP contribution in [0.1, 0.15) is 19.8 Å². The highest BCUT2D eigenvalue weighted by molar-refractivity contribution is 5.38. The van der Waals surface area contributed by atoms with E-state index in [0.29, 0.717) is 13.1 Å². The van der Waals surface area contributed by atoms with Crippen molar-refractivity contribution >= 4 is 6.47 Å². The molecule has 0 aromatic carbocycles. The van der Waals surface area contributed by atoms with Crippen LogP contribution in [0.25, 0.3) is 0 Å². The van der Waals surface area contributed by atoms with Crippen molar-refractivity contribution in [3.63, 3.8) is 0 Å². The highest BCUT2D eigenvalue weighted by Gasteiger charge is 1.95. The molecule has 0 aromatic rings. The van der Waals surface area contributed by atoms with E-state index in [1.807, 2.05) is 13.0 Å². The summed E-state index contributed by atoms with van der Waals surface area (Å²) in [6, 6.07) is 0. The fraction of sp³-hybridized carbons (Fsp3) is 0.364. The zero-order chi connectivity index (χ0) is 9.94. The smallest absolute Gasteiger partial charge is 0.293 e. The third-order valence-corrected chi connectivity index (χ3v) is 1.39. The van der Waals surface area contributed by atoms with Gasteiger partial charge in [-0.15, -0.1) is 6.58 Å². The van der Waals surface area contributed by atoms with Gasteiger partial charge in [0.25, 0.3) is 6.47 Å². The summed E-state index contributed by atoms with van der Waals surface area (Å²) in [6.07, 6.45) is 10.1. The average molecular weight is 180 g/mol. The second kappa shape index (κ2) is 8.78. The van der Waals surface area contributed by atoms with Gasteiger partial charge in [-0.1, -0.05) is 24.3 Å². The minimum Gasteiger partial charge on any atom is -0.463 e. The highest BCUT2D eigenvalue weighted by Crippen LogP contribution is 2.08. The molecule has 0 fully saturated rings. The fourth-order valence-electron chi connectivity index (χ4n) is 0.905. The first-order valence-electron chi connectivity index (χ1n) is 4.33. The second-order valence-corrected chi connectivity index (χ2v) is 2.57. The lowest BCUT2D eigenvalue weighted by Crippen LogP contribution is -1.95. The Balaban J connectivity index is 0.000000424. The first kappa shape index (κ1) is 11.7. The SMILES string of the molecule is C=CC.O=COCC1=CCCC=C1. The van der Waals surface area contributed by atoms with Gasteiger partial charge in [-0.05, 0) is 25.3 Å². The minimum absolute atomic E-state index is 0.417. The van der Waals surface area contributed by atoms with Gasteiger partial charge in [-0.2, -0.15) is 0 Å². The molecule has 0 aromatic heterocycles. The van der Waals surface area contributed by atoms with Crippen LogP contribution in [0.2, 0.25) is 0 Å². The third kappa shape index (κ3) is 7.06. The fourth-order valence-corrected chi connectivity index (χ4v) is 0.905. The van der Waals surface area contributed by atoms with Crippen molar-refractivity contribution < 1.29 is 9.53 Å². The van der Waals surface area contributed by atoms with Crippen LogP contribution in [0.3, 0.4) is 0 Å². The molecule has 0 heterocycles. The molecule has 0 saturated carbocycles. The molecular formula is C11H16O2. The number of hydrogen-bond acceptors (Lipinski definition) is 2. The molecule has 0 amide bonds. The molecule has 0 spiro atoms. The van der Waals surface area contributed by atoms with E-state index in [-0.39, 0.29) is 0 Å². The van der Waals surface area contributed by atoms with Crippen LogP contribution in [0.4, 0.5) is 0 Å². The average Bonchev–Trinajstić information content (AvgIpc) is 2.18. The van der Waals surface area contributed by atoms with Crippen molar-refractivity contribution in [3.8, 4) is 0 Å². The first-order valence-corrected chi connectivity index (χ1v) is 4.33. The summed E-state index contributed by atoms with van der Waals surface area (Å²) in [5.41, 5.74) is 1.10. The van der Waals surface area contributed by atoms with E-state index in [2.05, 4.69) is 23.5 Å². The molecule has 0 unspecified atom stereocenters. The largest absolute Gasteiger partial charge is 0.463 e. The minimum atomic E-state index is 0.417. The maximum absolute atomic E-state index is 9.77. The molecule has 13 heavy (non-hydrogen) atoms. The Labute approximate surface area is 79.6 Å². The molecule has 0 bridgehead atoms. The summed E-state index contributed by atoms with van der Waals surface area (Å²) in [5, 5.41) is 0. The summed E-state index contributed by atoms with van der Waals surface area (Å²) in [5.74, 6) is 0. The van der Waals surface area contributed by atoms with E-state index < -0.39 is 0 Å². The van der Waals surface area contributed by atoms with Crippen molar-refractivity contribution in [2.45, 2.75) is 19.8 Å². The van der Waals surface area contributed by atoms with Crippen molar-refractivity contribution in [1.29, 1.82) is 0 Å². The number of allylic oxidation sites excluding steroid dienone is 3. The van der Waals surface area contributed by atoms with Crippen LogP contribution in [0, 0.1) is 0 Å². The predicted octanol–water partition coefficient (Wildman–Crippen LogP) is 2.63. The molecule has 1 rings (SSSR count). The van der Waals surface area contributed by atoms with Crippen molar-refractivity contribution in [2.24, 2.45) is 0 Å². The van der Waals surface area contributed by atoms with Crippen LogP contribution < -0.4 is 0 Å². The Morgan fingerprint density at radius 2 is 2.31 bits per heavy atom. The van der Waals surface area contributed by atoms with Crippen LogP contribution in [0.15, 0.2) is 36.5 Å². The first-order chi connectivity index (χ1) is 6.35. The maximum Gasteiger partial charge on any atom is 0.293 e. The molecule has 0 saturated heterocycles. The number of ether oxygens (including phenoxy) is 1. The van der Waals surface area contributed by atoms with Gasteiger partial charge in [-0.3, -0.25) is 4.79 Å². The van der Waals surface area contributed by atoms with Crippen LogP contribution >= 0.6 is 0 Å². The highest BCUT2D eigenvalue weighted by atomic mass is 16.5. The van der Waals surface area contributed by atoms with Gasteiger partial charge in [0, 0.05) is 0 Å². The molecule has 0 aliphatic heterocycles. The standard InChI is InChI=1S/C8H10O2.C3H6/c9-7-10-6-8-4-2-1-3-5-8;1-3-2/h2,4-5,7H,1,3,6H2;3H,1H2,2H3. The Morgan fingerprint density at radius 1 is 1.62 bits per heavy atom. The van der Waals surface area contributed by atoms with Crippen LogP contribution in [0.5, 0.6) is 0 Å². The Morgan fingerprint density at radius 3 is 2.77 bits per heavy atom. The lowest BCUT2D eigenvalue weighted by atomic mass is 10.1. The van der Waals surface area contributed by atoms with Crippen LogP contribution in [-0.2, 0) is 9.53 Å². The van der Waals surface area contributed by atoms with Gasteiger partial charge in [-0.25, -0.2) is 0 Å². The maximum atomic E-state index is 9.77. The lowest BCUT2D eigenvalue weighted by Gasteiger charge is -2.03. The van der Waals surface area contributed by atoms with Crippen molar-refractivity contribution in [1.82, 2.24) is 0 Å². The van der Waals surface area contributed by atoms with E-state index >= 15 is 0 Å². The summed E-state index contributed by atoms with van der Waals surface area (Å²) < 4.78 is 4.57. The molecule has 1 aliphatic rings. The van der Waals surface area contributed by atoms with Gasteiger partial charge < -0.3 is 4.74 Å². The quantitative estimate of drug-likeness (QED) is 0.493. The van der Waals surface area contributed by atoms with E-state index in [1.165, 1.54) is 0 Å². The van der Waals surface area contributed by atoms with Crippen LogP contribution in [-0.4, -0.2) is 13.1 Å². The molecule has 72 valence electrons. The van der Waals surface area contributed by atoms with Gasteiger partial charge >= 0.3 is 0 Å². The lowest BCUT2D eigenvalue weighted by molar-refractivity contribution is -0.127. The predicted molar refractivity (Wildman–Crippen MR) is 54.3 cm³/mol. The van der Waals surface area contributed by atoms with E-state index in [9.17, 15) is 4.79 Å². The van der Waals surface area contributed by atoms with Gasteiger partial charge in [0.2, 0.25) is 0 Å². The van der Waals surface area contributed by atoms with Gasteiger partial charge in [0.1, 0.15) is 6.61 Å². The number of rotatable bonds is 3. The summed E-state index contributed by atoms with van der Waals surface area (Å²) in [6.45, 7) is 6.14. The zero-order valence-electron chi connectivity index (χ0n) is 8.03. The molecule has 0 radical (unpaired) electrons. The molecule has 2 nitrogen and oxygen atoms in total. The molecule has 2 heteroatoms. The van der Waals surface area contributed by atoms with Gasteiger partial charge in [0.05, 0.1) is 0 Å². The second-order valence-electron chi connectivity index (χ2n) is 2.57. The van der Waals surface area contributed by atoms with Crippen molar-refractivity contribution in [2.75, 3.05) is 6.61 Å². The zero-order valence-corrected chi connectivity index (χ0v) is 8.03. The summed E-state index contributed by atoms with van der Waals surface area (Å²) in [7, 11) is 0. The van der Waals surface area contributed by atoms with E-state index in [0.717, 1.165) is 18.4 Å². The Hall–Kier alpha value is -1.31. The summed E-state index contributed by atoms with van der Waals surface area (Å²) >= 11 is 0. The molecule has 1 aliphatic carbocycles. The Bertz CT molecular complexity index is 202.